The van der Waals surface area contributed by atoms with Crippen LogP contribution in [0.2, 0.25) is 0 Å². The molecule has 2 N–H and O–H groups in total. The number of ether oxygens (including phenoxy) is 2. The molecule has 2 aliphatic rings. The molecule has 1 unspecified atom stereocenters. The largest absolute Gasteiger partial charge is 0.458 e. The van der Waals surface area contributed by atoms with Crippen LogP contribution in [0.3, 0.4) is 0 Å². The minimum Gasteiger partial charge on any atom is -0.458 e. The number of rotatable bonds is 8. The molecule has 0 spiro atoms. The highest BCUT2D eigenvalue weighted by Gasteiger charge is 2.44. The molecule has 2 saturated heterocycles. The molecular weight excluding hydrogens is 594 g/mol. The molecule has 4 rings (SSSR count). The Morgan fingerprint density at radius 1 is 1.05 bits per heavy atom. The molecule has 2 aliphatic heterocycles. The van der Waals surface area contributed by atoms with Gasteiger partial charge >= 0.3 is 12.1 Å². The number of aryl methyl sites for hydroxylation is 1. The molecule has 2 fully saturated rings. The van der Waals surface area contributed by atoms with Crippen LogP contribution in [-0.4, -0.2) is 95.6 Å². The number of β-amino-alcohol motifs (C(OH)–C–C–N with tert-alkyl or cyclic N) is 1. The summed E-state index contributed by atoms with van der Waals surface area (Å²) in [5.41, 5.74) is 0.693. The highest BCUT2D eigenvalue weighted by molar-refractivity contribution is 7.99. The number of benzene rings is 2. The highest BCUT2D eigenvalue weighted by atomic mass is 32.2. The van der Waals surface area contributed by atoms with Gasteiger partial charge in [-0.25, -0.2) is 18.0 Å². The summed E-state index contributed by atoms with van der Waals surface area (Å²) in [7, 11) is -4.10. The zero-order chi connectivity index (χ0) is 31.4. The van der Waals surface area contributed by atoms with Crippen molar-refractivity contribution in [2.24, 2.45) is 0 Å². The Hall–Kier alpha value is -3.13. The first kappa shape index (κ1) is 32.8. The van der Waals surface area contributed by atoms with Crippen LogP contribution in [-0.2, 0) is 30.8 Å². The average molecular weight is 634 g/mol. The molecule has 3 atom stereocenters. The van der Waals surface area contributed by atoms with Crippen molar-refractivity contribution in [3.8, 4) is 5.75 Å². The van der Waals surface area contributed by atoms with Crippen molar-refractivity contribution in [2.75, 3.05) is 31.1 Å². The maximum atomic E-state index is 13.5. The molecule has 13 heteroatoms. The quantitative estimate of drug-likeness (QED) is 0.420. The van der Waals surface area contributed by atoms with Crippen molar-refractivity contribution in [2.45, 2.75) is 69.2 Å². The predicted octanol–water partition coefficient (Wildman–Crippen LogP) is 2.74. The number of nitrogens with zero attached hydrogens (tertiary/aromatic N) is 2. The number of carbonyl (C=O) groups is 3. The van der Waals surface area contributed by atoms with Gasteiger partial charge in [-0.3, -0.25) is 4.79 Å². The molecule has 2 aromatic rings. The molecule has 2 heterocycles. The smallest absolute Gasteiger partial charge is 0.415 e. The van der Waals surface area contributed by atoms with E-state index in [1.165, 1.54) is 12.1 Å². The molecule has 43 heavy (non-hydrogen) atoms. The summed E-state index contributed by atoms with van der Waals surface area (Å²) in [4.78, 5) is 40.8. The number of amides is 2. The second kappa shape index (κ2) is 13.7. The van der Waals surface area contributed by atoms with E-state index >= 15 is 0 Å². The lowest BCUT2D eigenvalue weighted by atomic mass is 10.0. The first-order valence-corrected chi connectivity index (χ1v) is 16.8. The Labute approximate surface area is 257 Å². The maximum absolute atomic E-state index is 13.5. The van der Waals surface area contributed by atoms with Crippen molar-refractivity contribution < 1.29 is 37.4 Å². The fourth-order valence-electron chi connectivity index (χ4n) is 4.81. The normalized spacial score (nSPS) is 20.3. The maximum Gasteiger partial charge on any atom is 0.415 e. The van der Waals surface area contributed by atoms with Crippen LogP contribution in [0.4, 0.5) is 4.79 Å². The number of aliphatic hydroxyl groups excluding tert-OH is 1. The van der Waals surface area contributed by atoms with E-state index in [9.17, 15) is 27.9 Å². The van der Waals surface area contributed by atoms with Crippen molar-refractivity contribution in [3.05, 3.63) is 59.7 Å². The van der Waals surface area contributed by atoms with Gasteiger partial charge in [0.15, 0.2) is 0 Å². The van der Waals surface area contributed by atoms with Gasteiger partial charge in [0.05, 0.1) is 11.0 Å². The molecule has 2 amide bonds. The average Bonchev–Trinajstić information content (AvgIpc) is 3.36. The molecule has 0 bridgehead atoms. The van der Waals surface area contributed by atoms with Gasteiger partial charge in [0.25, 0.3) is 0 Å². The van der Waals surface area contributed by atoms with E-state index in [-0.39, 0.29) is 24.3 Å². The van der Waals surface area contributed by atoms with E-state index in [1.54, 1.807) is 73.8 Å². The summed E-state index contributed by atoms with van der Waals surface area (Å²) >= 11 is 1.79. The van der Waals surface area contributed by atoms with E-state index in [2.05, 4.69) is 5.32 Å². The molecule has 0 radical (unpaired) electrons. The second-order valence-corrected chi connectivity index (χ2v) is 14.8. The molecule has 0 saturated carbocycles. The van der Waals surface area contributed by atoms with Gasteiger partial charge in [-0.05, 0) is 57.5 Å². The van der Waals surface area contributed by atoms with Gasteiger partial charge in [0.2, 0.25) is 15.9 Å². The van der Waals surface area contributed by atoms with E-state index in [0.717, 1.165) is 21.4 Å². The van der Waals surface area contributed by atoms with Crippen molar-refractivity contribution in [3.63, 3.8) is 0 Å². The predicted molar refractivity (Wildman–Crippen MR) is 162 cm³/mol. The molecule has 11 nitrogen and oxygen atoms in total. The van der Waals surface area contributed by atoms with E-state index in [4.69, 9.17) is 9.47 Å². The van der Waals surface area contributed by atoms with Gasteiger partial charge in [-0.15, -0.1) is 0 Å². The van der Waals surface area contributed by atoms with Gasteiger partial charge in [-0.2, -0.15) is 16.1 Å². The Morgan fingerprint density at radius 2 is 1.67 bits per heavy atom. The van der Waals surface area contributed by atoms with E-state index in [0.29, 0.717) is 24.4 Å². The number of carbonyl (C=O) groups excluding carboxylic acids is 3. The molecule has 234 valence electrons. The Morgan fingerprint density at radius 3 is 2.28 bits per heavy atom. The molecule has 2 aromatic carbocycles. The highest BCUT2D eigenvalue weighted by Crippen LogP contribution is 2.27. The Kier molecular flexibility index (Phi) is 10.4. The standard InChI is InChI=1S/C30H39N3O8S2/c1-20-5-11-24(12-6-20)43(38,39)33-19-22(34)18-26(33)27(35)31-25(28(36)41-30(2,3)4)17-21-7-9-23(10-8-21)40-29(37)32-13-15-42-16-14-32/h5-12,22,25-26,34H,13-19H2,1-4H3,(H,31,35)/t22?,25-,26-/m0/s1. The summed E-state index contributed by atoms with van der Waals surface area (Å²) in [6, 6.07) is 10.5. The van der Waals surface area contributed by atoms with Crippen LogP contribution < -0.4 is 10.1 Å². The number of thioether (sulfide) groups is 1. The summed E-state index contributed by atoms with van der Waals surface area (Å²) in [5, 5.41) is 13.0. The van der Waals surface area contributed by atoms with Crippen LogP contribution in [0.15, 0.2) is 53.4 Å². The van der Waals surface area contributed by atoms with Gasteiger partial charge < -0.3 is 24.8 Å². The first-order chi connectivity index (χ1) is 20.2. The van der Waals surface area contributed by atoms with Gasteiger partial charge in [0, 0.05) is 44.0 Å². The third-order valence-electron chi connectivity index (χ3n) is 7.01. The fourth-order valence-corrected chi connectivity index (χ4v) is 7.35. The first-order valence-electron chi connectivity index (χ1n) is 14.2. The lowest BCUT2D eigenvalue weighted by Gasteiger charge is -2.27. The number of esters is 1. The number of sulfonamides is 1. The monoisotopic (exact) mass is 633 g/mol. The lowest BCUT2D eigenvalue weighted by Crippen LogP contribution is -2.52. The minimum absolute atomic E-state index is 0.00802. The number of hydrogen-bond acceptors (Lipinski definition) is 9. The minimum atomic E-state index is -4.10. The van der Waals surface area contributed by atoms with Crippen LogP contribution in [0.1, 0.15) is 38.3 Å². The van der Waals surface area contributed by atoms with Gasteiger partial charge in [0.1, 0.15) is 23.4 Å². The van der Waals surface area contributed by atoms with Crippen LogP contribution in [0, 0.1) is 6.92 Å². The number of aliphatic hydroxyl groups is 1. The third kappa shape index (κ3) is 8.71. The Balaban J connectivity index is 1.49. The second-order valence-electron chi connectivity index (χ2n) is 11.7. The Bertz CT molecular complexity index is 1400. The topological polar surface area (TPSA) is 143 Å². The van der Waals surface area contributed by atoms with E-state index in [1.807, 2.05) is 6.92 Å². The van der Waals surface area contributed by atoms with Crippen molar-refractivity contribution in [1.29, 1.82) is 0 Å². The fraction of sp³-hybridized carbons (Fsp3) is 0.500. The van der Waals surface area contributed by atoms with Crippen LogP contribution >= 0.6 is 11.8 Å². The summed E-state index contributed by atoms with van der Waals surface area (Å²) in [6.07, 6.45) is -1.54. The van der Waals surface area contributed by atoms with Crippen LogP contribution in [0.5, 0.6) is 5.75 Å². The zero-order valence-corrected chi connectivity index (χ0v) is 26.4. The molecule has 0 aliphatic carbocycles. The van der Waals surface area contributed by atoms with Gasteiger partial charge in [-0.1, -0.05) is 29.8 Å². The third-order valence-corrected chi connectivity index (χ3v) is 9.84. The summed E-state index contributed by atoms with van der Waals surface area (Å²) < 4.78 is 38.9. The van der Waals surface area contributed by atoms with Crippen LogP contribution in [0.25, 0.3) is 0 Å². The number of nitrogens with one attached hydrogen (secondary N) is 1. The zero-order valence-electron chi connectivity index (χ0n) is 24.8. The summed E-state index contributed by atoms with van der Waals surface area (Å²) in [5.74, 6) is 0.670. The summed E-state index contributed by atoms with van der Waals surface area (Å²) in [6.45, 7) is 7.95. The lowest BCUT2D eigenvalue weighted by molar-refractivity contribution is -0.158. The SMILES string of the molecule is Cc1ccc(S(=O)(=O)N2CC(O)C[C@H]2C(=O)N[C@@H](Cc2ccc(OC(=O)N3CCSCC3)cc2)C(=O)OC(C)(C)C)cc1. The van der Waals surface area contributed by atoms with Crippen molar-refractivity contribution in [1.82, 2.24) is 14.5 Å². The van der Waals surface area contributed by atoms with E-state index < -0.39 is 51.8 Å². The molecule has 0 aromatic heterocycles. The molecular formula is C30H39N3O8S2. The number of hydrogen-bond donors (Lipinski definition) is 2. The van der Waals surface area contributed by atoms with Crippen molar-refractivity contribution >= 4 is 39.8 Å².